The van der Waals surface area contributed by atoms with Crippen LogP contribution in [0.2, 0.25) is 0 Å². The average Bonchev–Trinajstić information content (AvgIpc) is 2.81. The number of halogens is 2. The molecule has 0 radical (unpaired) electrons. The van der Waals surface area contributed by atoms with E-state index in [9.17, 15) is 4.39 Å². The lowest BCUT2D eigenvalue weighted by atomic mass is 10.2. The molecule has 1 unspecified atom stereocenters. The number of nitrogens with one attached hydrogen (secondary N) is 1. The van der Waals surface area contributed by atoms with Gasteiger partial charge in [-0.2, -0.15) is 0 Å². The Morgan fingerprint density at radius 3 is 2.67 bits per heavy atom. The molecule has 3 rings (SSSR count). The van der Waals surface area contributed by atoms with Gasteiger partial charge in [-0.1, -0.05) is 18.2 Å². The van der Waals surface area contributed by atoms with Crippen molar-refractivity contribution < 1.29 is 4.39 Å². The van der Waals surface area contributed by atoms with Crippen molar-refractivity contribution in [3.05, 3.63) is 58.6 Å². The Labute approximate surface area is 130 Å². The fourth-order valence-electron chi connectivity index (χ4n) is 2.47. The van der Waals surface area contributed by atoms with Crippen LogP contribution in [0, 0.1) is 5.82 Å². The molecular formula is C16H15BrFN3. The molecule has 0 aliphatic carbocycles. The molecule has 3 aromatic rings. The molecule has 0 aliphatic heterocycles. The minimum atomic E-state index is -0.282. The van der Waals surface area contributed by atoms with Crippen LogP contribution in [-0.2, 0) is 7.05 Å². The van der Waals surface area contributed by atoms with Gasteiger partial charge in [-0.15, -0.1) is 0 Å². The Kier molecular flexibility index (Phi) is 3.68. The molecule has 0 bridgehead atoms. The van der Waals surface area contributed by atoms with Gasteiger partial charge in [0, 0.05) is 11.5 Å². The van der Waals surface area contributed by atoms with Crippen LogP contribution in [0.15, 0.2) is 46.9 Å². The minimum absolute atomic E-state index is 0.115. The Bertz CT molecular complexity index is 777. The molecule has 0 fully saturated rings. The van der Waals surface area contributed by atoms with Crippen molar-refractivity contribution in [2.24, 2.45) is 7.05 Å². The molecule has 0 saturated carbocycles. The predicted molar refractivity (Wildman–Crippen MR) is 86.9 cm³/mol. The van der Waals surface area contributed by atoms with Crippen LogP contribution in [0.4, 0.5) is 10.1 Å². The van der Waals surface area contributed by atoms with E-state index < -0.39 is 0 Å². The monoisotopic (exact) mass is 347 g/mol. The molecule has 21 heavy (non-hydrogen) atoms. The van der Waals surface area contributed by atoms with Gasteiger partial charge in [0.1, 0.15) is 11.6 Å². The maximum absolute atomic E-state index is 13.9. The Morgan fingerprint density at radius 2 is 1.95 bits per heavy atom. The third-order valence-electron chi connectivity index (χ3n) is 3.53. The first-order valence-corrected chi connectivity index (χ1v) is 7.49. The molecule has 3 nitrogen and oxygen atoms in total. The van der Waals surface area contributed by atoms with E-state index >= 15 is 0 Å². The highest BCUT2D eigenvalue weighted by molar-refractivity contribution is 9.10. The summed E-state index contributed by atoms with van der Waals surface area (Å²) in [6.45, 7) is 1.97. The summed E-state index contributed by atoms with van der Waals surface area (Å²) in [6, 6.07) is 12.8. The molecule has 1 aromatic heterocycles. The molecule has 1 atom stereocenters. The van der Waals surface area contributed by atoms with Gasteiger partial charge in [0.15, 0.2) is 0 Å². The maximum atomic E-state index is 13.9. The number of benzene rings is 2. The van der Waals surface area contributed by atoms with Crippen LogP contribution in [-0.4, -0.2) is 9.55 Å². The number of hydrogen-bond donors (Lipinski definition) is 1. The normalized spacial score (nSPS) is 12.6. The number of anilines is 1. The summed E-state index contributed by atoms with van der Waals surface area (Å²) >= 11 is 3.37. The van der Waals surface area contributed by atoms with E-state index in [4.69, 9.17) is 0 Å². The lowest BCUT2D eigenvalue weighted by Crippen LogP contribution is -2.13. The highest BCUT2D eigenvalue weighted by Crippen LogP contribution is 2.29. The first-order valence-electron chi connectivity index (χ1n) is 6.70. The molecule has 1 heterocycles. The van der Waals surface area contributed by atoms with E-state index in [2.05, 4.69) is 26.2 Å². The van der Waals surface area contributed by atoms with Gasteiger partial charge in [0.2, 0.25) is 0 Å². The second-order valence-electron chi connectivity index (χ2n) is 4.98. The van der Waals surface area contributed by atoms with Crippen LogP contribution in [0.1, 0.15) is 18.8 Å². The molecule has 108 valence electrons. The number of hydrogen-bond acceptors (Lipinski definition) is 2. The van der Waals surface area contributed by atoms with Crippen molar-refractivity contribution in [2.45, 2.75) is 13.0 Å². The van der Waals surface area contributed by atoms with Gasteiger partial charge in [-0.05, 0) is 47.1 Å². The van der Waals surface area contributed by atoms with Gasteiger partial charge in [-0.25, -0.2) is 9.37 Å². The first-order chi connectivity index (χ1) is 10.1. The number of fused-ring (bicyclic) bond motifs is 1. The number of rotatable bonds is 3. The fourth-order valence-corrected chi connectivity index (χ4v) is 2.92. The van der Waals surface area contributed by atoms with Crippen LogP contribution in [0.3, 0.4) is 0 Å². The van der Waals surface area contributed by atoms with Crippen LogP contribution in [0.5, 0.6) is 0 Å². The third kappa shape index (κ3) is 2.53. The maximum Gasteiger partial charge on any atom is 0.147 e. The highest BCUT2D eigenvalue weighted by Gasteiger charge is 2.16. The summed E-state index contributed by atoms with van der Waals surface area (Å²) in [5.41, 5.74) is 2.46. The van der Waals surface area contributed by atoms with Crippen LogP contribution < -0.4 is 5.32 Å². The van der Waals surface area contributed by atoms with E-state index in [0.29, 0.717) is 10.2 Å². The molecule has 0 spiro atoms. The molecule has 1 N–H and O–H groups in total. The van der Waals surface area contributed by atoms with E-state index in [1.165, 1.54) is 6.07 Å². The van der Waals surface area contributed by atoms with Crippen molar-refractivity contribution in [3.8, 4) is 0 Å². The van der Waals surface area contributed by atoms with Crippen molar-refractivity contribution in [1.29, 1.82) is 0 Å². The van der Waals surface area contributed by atoms with Crippen molar-refractivity contribution in [1.82, 2.24) is 9.55 Å². The van der Waals surface area contributed by atoms with Crippen LogP contribution in [0.25, 0.3) is 11.0 Å². The summed E-state index contributed by atoms with van der Waals surface area (Å²) in [4.78, 5) is 4.63. The molecule has 5 heteroatoms. The standard InChI is InChI=1S/C16H15BrFN3/c1-10(19-15-11(17)6-5-7-12(15)18)16-20-13-8-3-4-9-14(13)21(16)2/h3-10,19H,1-2H3. The summed E-state index contributed by atoms with van der Waals surface area (Å²) in [5.74, 6) is 0.585. The number of para-hydroxylation sites is 3. The van der Waals surface area contributed by atoms with E-state index in [-0.39, 0.29) is 11.9 Å². The summed E-state index contributed by atoms with van der Waals surface area (Å²) in [7, 11) is 1.97. The number of imidazole rings is 1. The second kappa shape index (κ2) is 5.48. The lowest BCUT2D eigenvalue weighted by Gasteiger charge is -2.17. The summed E-state index contributed by atoms with van der Waals surface area (Å²) in [6.07, 6.45) is 0. The van der Waals surface area contributed by atoms with E-state index in [0.717, 1.165) is 16.9 Å². The predicted octanol–water partition coefficient (Wildman–Crippen LogP) is 4.65. The molecule has 2 aromatic carbocycles. The number of aromatic nitrogens is 2. The molecule has 0 aliphatic rings. The number of nitrogens with zero attached hydrogens (tertiary/aromatic N) is 2. The lowest BCUT2D eigenvalue weighted by molar-refractivity contribution is 0.623. The quantitative estimate of drug-likeness (QED) is 0.747. The topological polar surface area (TPSA) is 29.9 Å². The van der Waals surface area contributed by atoms with Gasteiger partial charge >= 0.3 is 0 Å². The highest BCUT2D eigenvalue weighted by atomic mass is 79.9. The van der Waals surface area contributed by atoms with Gasteiger partial charge in [0.05, 0.1) is 22.8 Å². The van der Waals surface area contributed by atoms with Gasteiger partial charge in [0.25, 0.3) is 0 Å². The summed E-state index contributed by atoms with van der Waals surface area (Å²) < 4.78 is 16.6. The smallest absolute Gasteiger partial charge is 0.147 e. The second-order valence-corrected chi connectivity index (χ2v) is 5.83. The molecule has 0 amide bonds. The third-order valence-corrected chi connectivity index (χ3v) is 4.19. The molecule has 0 saturated heterocycles. The largest absolute Gasteiger partial charge is 0.372 e. The Morgan fingerprint density at radius 1 is 1.19 bits per heavy atom. The SMILES string of the molecule is CC(Nc1c(F)cccc1Br)c1nc2ccccc2n1C. The summed E-state index contributed by atoms with van der Waals surface area (Å²) in [5, 5.41) is 3.19. The van der Waals surface area contributed by atoms with Crippen molar-refractivity contribution in [2.75, 3.05) is 5.32 Å². The number of aryl methyl sites for hydroxylation is 1. The zero-order chi connectivity index (χ0) is 15.0. The fraction of sp³-hybridized carbons (Fsp3) is 0.188. The van der Waals surface area contributed by atoms with E-state index in [1.807, 2.05) is 48.9 Å². The zero-order valence-corrected chi connectivity index (χ0v) is 13.4. The van der Waals surface area contributed by atoms with Crippen LogP contribution >= 0.6 is 15.9 Å². The first kappa shape index (κ1) is 14.1. The minimum Gasteiger partial charge on any atom is -0.372 e. The van der Waals surface area contributed by atoms with Gasteiger partial charge in [-0.3, -0.25) is 0 Å². The van der Waals surface area contributed by atoms with Crippen molar-refractivity contribution in [3.63, 3.8) is 0 Å². The Hall–Kier alpha value is -1.88. The zero-order valence-electron chi connectivity index (χ0n) is 11.8. The Balaban J connectivity index is 1.97. The average molecular weight is 348 g/mol. The van der Waals surface area contributed by atoms with Crippen molar-refractivity contribution >= 4 is 32.7 Å². The van der Waals surface area contributed by atoms with E-state index in [1.54, 1.807) is 6.07 Å². The van der Waals surface area contributed by atoms with Gasteiger partial charge < -0.3 is 9.88 Å². The molecular weight excluding hydrogens is 333 g/mol.